The van der Waals surface area contributed by atoms with Crippen LogP contribution >= 0.6 is 15.6 Å². The van der Waals surface area contributed by atoms with Gasteiger partial charge in [-0.05, 0) is 24.3 Å². The molecular weight excluding hydrogens is 318 g/mol. The zero-order valence-corrected chi connectivity index (χ0v) is 11.2. The van der Waals surface area contributed by atoms with E-state index in [9.17, 15) is 18.7 Å². The van der Waals surface area contributed by atoms with Crippen LogP contribution in [0.15, 0.2) is 24.3 Å². The summed E-state index contributed by atoms with van der Waals surface area (Å²) < 4.78 is 28.5. The van der Waals surface area contributed by atoms with Crippen LogP contribution in [0, 0.1) is 0 Å². The van der Waals surface area contributed by atoms with Gasteiger partial charge < -0.3 is 9.05 Å². The summed E-state index contributed by atoms with van der Waals surface area (Å²) in [5.74, 6) is -2.65. The summed E-state index contributed by atoms with van der Waals surface area (Å²) in [5, 5.41) is 0. The van der Waals surface area contributed by atoms with Crippen molar-refractivity contribution in [1.82, 2.24) is 0 Å². The second-order valence-corrected chi connectivity index (χ2v) is 5.64. The second-order valence-electron chi connectivity index (χ2n) is 3.32. The summed E-state index contributed by atoms with van der Waals surface area (Å²) in [6, 6.07) is 3.87. The molecule has 1 rings (SSSR count). The Hall–Kier alpha value is -1.54. The van der Waals surface area contributed by atoms with Crippen molar-refractivity contribution in [3.05, 3.63) is 35.4 Å². The number of phosphoric acid groups is 2. The van der Waals surface area contributed by atoms with Crippen molar-refractivity contribution in [3.8, 4) is 0 Å². The van der Waals surface area contributed by atoms with Gasteiger partial charge in [-0.3, -0.25) is 19.6 Å². The first kappa shape index (κ1) is 16.5. The van der Waals surface area contributed by atoms with Crippen LogP contribution in [0.25, 0.3) is 0 Å². The van der Waals surface area contributed by atoms with E-state index in [4.69, 9.17) is 19.6 Å². The third-order valence-corrected chi connectivity index (χ3v) is 2.57. The number of phosphoric ester groups is 2. The molecule has 20 heavy (non-hydrogen) atoms. The minimum Gasteiger partial charge on any atom is -0.367 e. The van der Waals surface area contributed by atoms with Crippen LogP contribution in [0.3, 0.4) is 0 Å². The second kappa shape index (κ2) is 5.84. The van der Waals surface area contributed by atoms with E-state index < -0.39 is 27.6 Å². The Morgan fingerprint density at radius 2 is 1.00 bits per heavy atom. The van der Waals surface area contributed by atoms with Crippen LogP contribution in [-0.2, 0) is 18.2 Å². The number of rotatable bonds is 4. The molecule has 0 unspecified atom stereocenters. The molecule has 12 heteroatoms. The van der Waals surface area contributed by atoms with E-state index in [1.54, 1.807) is 0 Å². The van der Waals surface area contributed by atoms with E-state index in [2.05, 4.69) is 9.05 Å². The molecule has 1 aromatic rings. The summed E-state index contributed by atoms with van der Waals surface area (Å²) in [5.41, 5.74) is -0.554. The molecule has 0 fully saturated rings. The number of carbonyl (C=O) groups is 2. The minimum atomic E-state index is -4.99. The fraction of sp³-hybridized carbons (Fsp3) is 0. The van der Waals surface area contributed by atoms with Crippen molar-refractivity contribution in [2.75, 3.05) is 0 Å². The normalized spacial score (nSPS) is 11.8. The number of benzene rings is 1. The number of hydrogen-bond acceptors (Lipinski definition) is 6. The largest absolute Gasteiger partial charge is 0.527 e. The highest BCUT2D eigenvalue weighted by Crippen LogP contribution is 2.38. The molecule has 0 radical (unpaired) electrons. The Bertz CT molecular complexity index is 554. The lowest BCUT2D eigenvalue weighted by atomic mass is 10.1. The predicted molar refractivity (Wildman–Crippen MR) is 61.4 cm³/mol. The molecule has 4 N–H and O–H groups in total. The SMILES string of the molecule is O=C(OP(=O)(O)O)c1ccc(C(=O)OP(=O)(O)O)cc1. The van der Waals surface area contributed by atoms with Crippen LogP contribution < -0.4 is 0 Å². The Morgan fingerprint density at radius 3 is 1.20 bits per heavy atom. The van der Waals surface area contributed by atoms with Gasteiger partial charge in [0.15, 0.2) is 0 Å². The molecule has 1 aromatic carbocycles. The van der Waals surface area contributed by atoms with E-state index in [0.717, 1.165) is 24.3 Å². The molecule has 0 atom stereocenters. The van der Waals surface area contributed by atoms with Gasteiger partial charge in [0.25, 0.3) is 0 Å². The van der Waals surface area contributed by atoms with Crippen molar-refractivity contribution >= 4 is 27.6 Å². The maximum atomic E-state index is 11.2. The number of carbonyl (C=O) groups excluding carboxylic acids is 2. The molecule has 0 bridgehead atoms. The molecule has 0 aromatic heterocycles. The smallest absolute Gasteiger partial charge is 0.367 e. The Balaban J connectivity index is 2.84. The first-order valence-corrected chi connectivity index (χ1v) is 7.73. The van der Waals surface area contributed by atoms with Crippen molar-refractivity contribution in [2.45, 2.75) is 0 Å². The highest BCUT2D eigenvalue weighted by atomic mass is 31.2. The molecule has 10 nitrogen and oxygen atoms in total. The van der Waals surface area contributed by atoms with Crippen LogP contribution in [0.1, 0.15) is 20.7 Å². The van der Waals surface area contributed by atoms with Gasteiger partial charge in [0, 0.05) is 0 Å². The van der Waals surface area contributed by atoms with Crippen LogP contribution in [0.5, 0.6) is 0 Å². The van der Waals surface area contributed by atoms with Crippen molar-refractivity contribution in [2.24, 2.45) is 0 Å². The maximum Gasteiger partial charge on any atom is 0.527 e. The predicted octanol–water partition coefficient (Wildman–Crippen LogP) is 0.186. The van der Waals surface area contributed by atoms with E-state index in [1.165, 1.54) is 0 Å². The lowest BCUT2D eigenvalue weighted by Crippen LogP contribution is -2.06. The highest BCUT2D eigenvalue weighted by Gasteiger charge is 2.24. The van der Waals surface area contributed by atoms with Gasteiger partial charge in [-0.1, -0.05) is 0 Å². The molecular formula is C8H8O10P2. The fourth-order valence-electron chi connectivity index (χ4n) is 1.06. The summed E-state index contributed by atoms with van der Waals surface area (Å²) in [4.78, 5) is 56.1. The summed E-state index contributed by atoms with van der Waals surface area (Å²) in [6.07, 6.45) is 0. The third kappa shape index (κ3) is 5.62. The maximum absolute atomic E-state index is 11.2. The van der Waals surface area contributed by atoms with E-state index >= 15 is 0 Å². The zero-order chi connectivity index (χ0) is 15.6. The quantitative estimate of drug-likeness (QED) is 0.560. The Morgan fingerprint density at radius 1 is 0.750 bits per heavy atom. The third-order valence-electron chi connectivity index (χ3n) is 1.76. The first-order chi connectivity index (χ1) is 8.98. The Labute approximate surface area is 111 Å². The Kier molecular flexibility index (Phi) is 4.82. The average molecular weight is 326 g/mol. The molecule has 0 saturated heterocycles. The van der Waals surface area contributed by atoms with Gasteiger partial charge in [-0.25, -0.2) is 18.7 Å². The van der Waals surface area contributed by atoms with Crippen LogP contribution in [-0.4, -0.2) is 31.5 Å². The molecule has 0 heterocycles. The van der Waals surface area contributed by atoms with Crippen molar-refractivity contribution in [1.29, 1.82) is 0 Å². The molecule has 0 aliphatic carbocycles. The van der Waals surface area contributed by atoms with Gasteiger partial charge in [0.1, 0.15) is 0 Å². The highest BCUT2D eigenvalue weighted by molar-refractivity contribution is 7.47. The molecule has 0 aliphatic rings. The first-order valence-electron chi connectivity index (χ1n) is 4.67. The molecule has 0 aliphatic heterocycles. The van der Waals surface area contributed by atoms with Gasteiger partial charge in [-0.2, -0.15) is 0 Å². The zero-order valence-electron chi connectivity index (χ0n) is 9.44. The summed E-state index contributed by atoms with van der Waals surface area (Å²) in [7, 11) is -9.98. The van der Waals surface area contributed by atoms with E-state index in [1.807, 2.05) is 0 Å². The molecule has 0 spiro atoms. The topological polar surface area (TPSA) is 168 Å². The van der Waals surface area contributed by atoms with Crippen LogP contribution in [0.4, 0.5) is 0 Å². The molecule has 0 saturated carbocycles. The molecule has 0 amide bonds. The average Bonchev–Trinajstić information content (AvgIpc) is 2.24. The monoisotopic (exact) mass is 326 g/mol. The van der Waals surface area contributed by atoms with Gasteiger partial charge in [-0.15, -0.1) is 0 Å². The van der Waals surface area contributed by atoms with Gasteiger partial charge >= 0.3 is 27.6 Å². The van der Waals surface area contributed by atoms with E-state index in [-0.39, 0.29) is 11.1 Å². The standard InChI is InChI=1S/C8H8O10P2/c9-7(17-19(11,12)13)5-1-2-6(4-3-5)8(10)18-20(14,15)16/h1-4H,(H2,11,12,13)(H2,14,15,16). The number of hydrogen-bond donors (Lipinski definition) is 4. The van der Waals surface area contributed by atoms with E-state index in [0.29, 0.717) is 0 Å². The lowest BCUT2D eigenvalue weighted by molar-refractivity contribution is 0.0657. The van der Waals surface area contributed by atoms with Gasteiger partial charge in [0.2, 0.25) is 0 Å². The summed E-state index contributed by atoms with van der Waals surface area (Å²) in [6.45, 7) is 0. The van der Waals surface area contributed by atoms with Crippen molar-refractivity contribution in [3.63, 3.8) is 0 Å². The van der Waals surface area contributed by atoms with Crippen molar-refractivity contribution < 1.29 is 47.3 Å². The fourth-order valence-corrected chi connectivity index (χ4v) is 1.71. The minimum absolute atomic E-state index is 0.277. The van der Waals surface area contributed by atoms with Crippen LogP contribution in [0.2, 0.25) is 0 Å². The van der Waals surface area contributed by atoms with Gasteiger partial charge in [0.05, 0.1) is 11.1 Å². The summed E-state index contributed by atoms with van der Waals surface area (Å²) >= 11 is 0. The lowest BCUT2D eigenvalue weighted by Gasteiger charge is -2.07. The molecule has 110 valence electrons.